The van der Waals surface area contributed by atoms with Gasteiger partial charge in [-0.15, -0.1) is 0 Å². The van der Waals surface area contributed by atoms with Crippen LogP contribution in [0.15, 0.2) is 122 Å². The number of rotatable bonds is 0. The molecule has 5 heterocycles. The molecule has 40 heavy (non-hydrogen) atoms. The minimum atomic E-state index is -0.268. The van der Waals surface area contributed by atoms with Gasteiger partial charge in [0.1, 0.15) is 23.3 Å². The highest BCUT2D eigenvalue weighted by atomic mass is 15.3. The summed E-state index contributed by atoms with van der Waals surface area (Å²) in [6.07, 6.45) is -0.681. The Morgan fingerprint density at radius 2 is 0.950 bits per heavy atom. The molecule has 4 aliphatic rings. The van der Waals surface area contributed by atoms with E-state index in [1.54, 1.807) is 0 Å². The molecule has 3 unspecified atom stereocenters. The second-order valence-electron chi connectivity index (χ2n) is 10.3. The number of benzene rings is 4. The fraction of sp³-hybridized carbons (Fsp3) is 0.0938. The van der Waals surface area contributed by atoms with Crippen molar-refractivity contribution in [1.82, 2.24) is 15.6 Å². The number of fused-ring (bicyclic) bond motifs is 18. The first-order valence-electron chi connectivity index (χ1n) is 13.4. The lowest BCUT2D eigenvalue weighted by atomic mass is 10.1. The van der Waals surface area contributed by atoms with Crippen molar-refractivity contribution < 1.29 is 0 Å². The first-order chi connectivity index (χ1) is 19.8. The summed E-state index contributed by atoms with van der Waals surface area (Å²) < 4.78 is 0. The Morgan fingerprint density at radius 1 is 0.450 bits per heavy atom. The van der Waals surface area contributed by atoms with Gasteiger partial charge < -0.3 is 4.98 Å². The maximum atomic E-state index is 5.15. The first-order valence-corrected chi connectivity index (χ1v) is 13.4. The third kappa shape index (κ3) is 3.17. The molecule has 9 rings (SSSR count). The number of H-pyrrole nitrogens is 1. The number of aliphatic imine (C=N–C) groups is 3. The van der Waals surface area contributed by atoms with E-state index in [0.29, 0.717) is 23.0 Å². The van der Waals surface area contributed by atoms with Crippen molar-refractivity contribution in [2.75, 3.05) is 0 Å². The number of nitrogens with zero attached hydrogens (tertiary/aromatic N) is 5. The Kier molecular flexibility index (Phi) is 4.49. The number of nitrogens with one attached hydrogen (secondary N) is 3. The Balaban J connectivity index is 1.35. The summed E-state index contributed by atoms with van der Waals surface area (Å²) in [5.41, 5.74) is 7.75. The fourth-order valence-electron chi connectivity index (χ4n) is 6.11. The SMILES string of the molecule is c1ccc2c(c1)C1=N/C2=N\C2NC(NC3N=C(N=c4[nH]c(c5ccccc45)=N1)c1ccccc13)c1ccccc12. The average Bonchev–Trinajstić information content (AvgIpc) is 3.73. The van der Waals surface area contributed by atoms with E-state index in [4.69, 9.17) is 25.0 Å². The number of amidine groups is 3. The summed E-state index contributed by atoms with van der Waals surface area (Å²) in [5.74, 6) is 1.98. The topological polar surface area (TPSA) is 102 Å². The summed E-state index contributed by atoms with van der Waals surface area (Å²) in [6, 6.07) is 33.0. The summed E-state index contributed by atoms with van der Waals surface area (Å²) in [5, 5.41) is 9.39. The van der Waals surface area contributed by atoms with Crippen molar-refractivity contribution in [3.63, 3.8) is 0 Å². The molecule has 0 spiro atoms. The van der Waals surface area contributed by atoms with E-state index in [1.165, 1.54) is 0 Å². The Hall–Kier alpha value is -5.05. The van der Waals surface area contributed by atoms with Gasteiger partial charge in [-0.3, -0.25) is 10.6 Å². The van der Waals surface area contributed by atoms with Crippen molar-refractivity contribution in [2.24, 2.45) is 25.0 Å². The van der Waals surface area contributed by atoms with E-state index < -0.39 is 0 Å². The summed E-state index contributed by atoms with van der Waals surface area (Å²) in [4.78, 5) is 28.8. The van der Waals surface area contributed by atoms with Crippen LogP contribution in [-0.4, -0.2) is 22.5 Å². The van der Waals surface area contributed by atoms with Crippen LogP contribution in [-0.2, 0) is 0 Å². The zero-order chi connectivity index (χ0) is 26.2. The molecular formula is C32H22N8. The predicted octanol–water partition coefficient (Wildman–Crippen LogP) is 3.98. The summed E-state index contributed by atoms with van der Waals surface area (Å²) >= 11 is 0. The van der Waals surface area contributed by atoms with E-state index in [9.17, 15) is 0 Å². The van der Waals surface area contributed by atoms with Crippen LogP contribution < -0.4 is 21.6 Å². The van der Waals surface area contributed by atoms with E-state index in [0.717, 1.165) is 49.6 Å². The molecule has 0 amide bonds. The first kappa shape index (κ1) is 21.8. The largest absolute Gasteiger partial charge is 0.324 e. The van der Waals surface area contributed by atoms with Crippen molar-refractivity contribution >= 4 is 28.3 Å². The molecule has 0 aliphatic carbocycles. The summed E-state index contributed by atoms with van der Waals surface area (Å²) in [6.45, 7) is 0. The van der Waals surface area contributed by atoms with Crippen LogP contribution in [0.5, 0.6) is 0 Å². The lowest BCUT2D eigenvalue weighted by Crippen LogP contribution is -2.32. The second-order valence-corrected chi connectivity index (χ2v) is 10.3. The molecule has 8 bridgehead atoms. The van der Waals surface area contributed by atoms with Gasteiger partial charge in [0.2, 0.25) is 0 Å². The van der Waals surface area contributed by atoms with Crippen LogP contribution in [0, 0.1) is 0 Å². The zero-order valence-corrected chi connectivity index (χ0v) is 21.2. The number of aromatic amines is 1. The van der Waals surface area contributed by atoms with Gasteiger partial charge in [-0.25, -0.2) is 25.0 Å². The molecule has 1 aromatic heterocycles. The van der Waals surface area contributed by atoms with Gasteiger partial charge in [0, 0.05) is 33.0 Å². The highest BCUT2D eigenvalue weighted by Crippen LogP contribution is 2.37. The molecule has 0 radical (unpaired) electrons. The zero-order valence-electron chi connectivity index (χ0n) is 21.2. The quantitative estimate of drug-likeness (QED) is 0.289. The lowest BCUT2D eigenvalue weighted by Gasteiger charge is -2.19. The van der Waals surface area contributed by atoms with Crippen LogP contribution in [0.1, 0.15) is 51.9 Å². The third-order valence-electron chi connectivity index (χ3n) is 7.98. The van der Waals surface area contributed by atoms with Gasteiger partial charge >= 0.3 is 0 Å². The number of aromatic nitrogens is 1. The standard InChI is InChI=1S/C32H22N8/c1-2-10-18-17(9-1)25-33-26(18)38-28-21-13-5-6-14-22(21)30(35-28)40-32-24-16-8-7-15-23(24)31(36-32)39-29-20-12-4-3-11-19(20)27(34-29)37-25/h1-16,25-27,33,37H,(H,34,35,36,38,39,40). The average molecular weight is 519 g/mol. The summed E-state index contributed by atoms with van der Waals surface area (Å²) in [7, 11) is 0. The van der Waals surface area contributed by atoms with Gasteiger partial charge in [-0.1, -0.05) is 97.1 Å². The molecule has 3 N–H and O–H groups in total. The van der Waals surface area contributed by atoms with Crippen molar-refractivity contribution in [1.29, 1.82) is 0 Å². The van der Waals surface area contributed by atoms with E-state index in [1.807, 2.05) is 36.4 Å². The smallest absolute Gasteiger partial charge is 0.164 e. The van der Waals surface area contributed by atoms with E-state index in [2.05, 4.69) is 76.3 Å². The second kappa shape index (κ2) is 8.22. The monoisotopic (exact) mass is 518 g/mol. The maximum Gasteiger partial charge on any atom is 0.164 e. The lowest BCUT2D eigenvalue weighted by molar-refractivity contribution is 0.388. The van der Waals surface area contributed by atoms with Gasteiger partial charge in [-0.2, -0.15) is 0 Å². The van der Waals surface area contributed by atoms with Crippen molar-refractivity contribution in [3.8, 4) is 0 Å². The molecule has 0 fully saturated rings. The highest BCUT2D eigenvalue weighted by Gasteiger charge is 2.35. The molecule has 4 aromatic carbocycles. The Labute approximate surface area is 228 Å². The number of hydrogen-bond donors (Lipinski definition) is 3. The van der Waals surface area contributed by atoms with Crippen LogP contribution in [0.3, 0.4) is 0 Å². The minimum Gasteiger partial charge on any atom is -0.324 e. The van der Waals surface area contributed by atoms with Crippen LogP contribution in [0.25, 0.3) is 10.8 Å². The van der Waals surface area contributed by atoms with Crippen molar-refractivity contribution in [3.05, 3.63) is 141 Å². The molecule has 8 nitrogen and oxygen atoms in total. The minimum absolute atomic E-state index is 0.151. The molecule has 8 heteroatoms. The van der Waals surface area contributed by atoms with E-state index in [-0.39, 0.29) is 18.5 Å². The molecule has 0 saturated carbocycles. The van der Waals surface area contributed by atoms with Gasteiger partial charge in [0.05, 0.1) is 6.17 Å². The molecule has 0 saturated heterocycles. The molecule has 3 atom stereocenters. The molecule has 4 aliphatic heterocycles. The van der Waals surface area contributed by atoms with Gasteiger partial charge in [-0.05, 0) is 11.1 Å². The maximum absolute atomic E-state index is 5.15. The van der Waals surface area contributed by atoms with Crippen LogP contribution in [0.2, 0.25) is 0 Å². The van der Waals surface area contributed by atoms with Crippen molar-refractivity contribution in [2.45, 2.75) is 18.5 Å². The fourth-order valence-corrected chi connectivity index (χ4v) is 6.11. The molecule has 190 valence electrons. The Morgan fingerprint density at radius 3 is 1.68 bits per heavy atom. The highest BCUT2D eigenvalue weighted by molar-refractivity contribution is 6.22. The van der Waals surface area contributed by atoms with Crippen LogP contribution >= 0.6 is 0 Å². The molecule has 5 aromatic rings. The van der Waals surface area contributed by atoms with Gasteiger partial charge in [0.15, 0.2) is 17.5 Å². The molecular weight excluding hydrogens is 496 g/mol. The van der Waals surface area contributed by atoms with Crippen LogP contribution in [0.4, 0.5) is 0 Å². The van der Waals surface area contributed by atoms with Gasteiger partial charge in [0.25, 0.3) is 0 Å². The third-order valence-corrected chi connectivity index (χ3v) is 7.98. The van der Waals surface area contributed by atoms with E-state index >= 15 is 0 Å². The predicted molar refractivity (Wildman–Crippen MR) is 154 cm³/mol. The number of hydrogen-bond acceptors (Lipinski definition) is 7. The Bertz CT molecular complexity index is 2100. The normalized spacial score (nSPS) is 23.2.